The number of aromatic nitrogens is 2. The largest absolute Gasteiger partial charge is 0.416 e. The number of nitrogens with one attached hydrogen (secondary N) is 1. The molecular formula is C28H28F3N5O. The highest BCUT2D eigenvalue weighted by Crippen LogP contribution is 2.34. The number of amides is 1. The van der Waals surface area contributed by atoms with Crippen LogP contribution < -0.4 is 5.32 Å². The second kappa shape index (κ2) is 11.5. The van der Waals surface area contributed by atoms with Crippen LogP contribution in [0.5, 0.6) is 0 Å². The van der Waals surface area contributed by atoms with E-state index in [9.17, 15) is 18.0 Å². The summed E-state index contributed by atoms with van der Waals surface area (Å²) in [5.41, 5.74) is 1.98. The van der Waals surface area contributed by atoms with Gasteiger partial charge in [0.05, 0.1) is 11.1 Å². The standard InChI is InChI=1S/C28H28F3N5O/c1-3-35-10-12-36(13-11-35)18-24-8-9-25(15-26(24)28(29,30)31)34-27(37)23-6-4-20(2)22(14-23)7-5-21-16-32-19-33-17-21/h4,6,8-9,14-17,19H,3,10-13,18H2,1-2H3,(H,34,37). The normalized spacial score (nSPS) is 14.6. The molecule has 1 aliphatic heterocycles. The van der Waals surface area contributed by atoms with E-state index in [0.717, 1.165) is 44.4 Å². The molecule has 1 fully saturated rings. The van der Waals surface area contributed by atoms with E-state index in [0.29, 0.717) is 16.7 Å². The number of hydrogen-bond acceptors (Lipinski definition) is 5. The van der Waals surface area contributed by atoms with Crippen LogP contribution in [-0.4, -0.2) is 58.4 Å². The molecule has 6 nitrogen and oxygen atoms in total. The number of rotatable bonds is 5. The van der Waals surface area contributed by atoms with Crippen LogP contribution >= 0.6 is 0 Å². The van der Waals surface area contributed by atoms with Crippen molar-refractivity contribution in [1.82, 2.24) is 19.8 Å². The van der Waals surface area contributed by atoms with Crippen molar-refractivity contribution in [1.29, 1.82) is 0 Å². The Morgan fingerprint density at radius 2 is 1.70 bits per heavy atom. The Morgan fingerprint density at radius 1 is 1.00 bits per heavy atom. The summed E-state index contributed by atoms with van der Waals surface area (Å²) in [6.45, 7) is 8.22. The molecule has 0 atom stereocenters. The van der Waals surface area contributed by atoms with Crippen LogP contribution in [0.15, 0.2) is 55.1 Å². The summed E-state index contributed by atoms with van der Waals surface area (Å²) in [6.07, 6.45) is 0.0403. The lowest BCUT2D eigenvalue weighted by Gasteiger charge is -2.34. The molecule has 1 aliphatic rings. The highest BCUT2D eigenvalue weighted by Gasteiger charge is 2.34. The van der Waals surface area contributed by atoms with Crippen molar-refractivity contribution < 1.29 is 18.0 Å². The second-order valence-corrected chi connectivity index (χ2v) is 8.94. The van der Waals surface area contributed by atoms with Crippen LogP contribution in [0, 0.1) is 18.8 Å². The molecule has 9 heteroatoms. The molecule has 0 bridgehead atoms. The molecule has 0 radical (unpaired) electrons. The summed E-state index contributed by atoms with van der Waals surface area (Å²) in [6, 6.07) is 8.99. The third-order valence-corrected chi connectivity index (χ3v) is 6.38. The molecule has 3 aromatic rings. The Hall–Kier alpha value is -3.74. The Balaban J connectivity index is 1.51. The Labute approximate surface area is 214 Å². The minimum Gasteiger partial charge on any atom is -0.322 e. The summed E-state index contributed by atoms with van der Waals surface area (Å²) in [7, 11) is 0. The van der Waals surface area contributed by atoms with Crippen LogP contribution in [0.2, 0.25) is 0 Å². The predicted octanol–water partition coefficient (Wildman–Crippen LogP) is 4.59. The van der Waals surface area contributed by atoms with E-state index in [-0.39, 0.29) is 17.8 Å². The molecule has 0 unspecified atom stereocenters. The molecule has 37 heavy (non-hydrogen) atoms. The van der Waals surface area contributed by atoms with Gasteiger partial charge in [0.25, 0.3) is 5.91 Å². The molecule has 4 rings (SSSR count). The first kappa shape index (κ1) is 26.3. The number of halogens is 3. The van der Waals surface area contributed by atoms with Gasteiger partial charge in [-0.1, -0.05) is 30.9 Å². The number of likely N-dealkylation sites (N-methyl/N-ethyl adjacent to an activating group) is 1. The van der Waals surface area contributed by atoms with Gasteiger partial charge in [0, 0.05) is 61.9 Å². The van der Waals surface area contributed by atoms with Gasteiger partial charge in [0.15, 0.2) is 0 Å². The summed E-state index contributed by atoms with van der Waals surface area (Å²) >= 11 is 0. The lowest BCUT2D eigenvalue weighted by Crippen LogP contribution is -2.45. The number of anilines is 1. The van der Waals surface area contributed by atoms with E-state index in [1.165, 1.54) is 18.5 Å². The van der Waals surface area contributed by atoms with Gasteiger partial charge < -0.3 is 10.2 Å². The fraction of sp³-hybridized carbons (Fsp3) is 0.321. The smallest absolute Gasteiger partial charge is 0.322 e. The Bertz CT molecular complexity index is 1310. The average Bonchev–Trinajstić information content (AvgIpc) is 2.89. The minimum absolute atomic E-state index is 0.0894. The van der Waals surface area contributed by atoms with Crippen LogP contribution in [0.3, 0.4) is 0 Å². The summed E-state index contributed by atoms with van der Waals surface area (Å²) < 4.78 is 41.8. The molecular weight excluding hydrogens is 479 g/mol. The number of hydrogen-bond donors (Lipinski definition) is 1. The highest BCUT2D eigenvalue weighted by molar-refractivity contribution is 6.04. The fourth-order valence-electron chi connectivity index (χ4n) is 4.16. The van der Waals surface area contributed by atoms with E-state index < -0.39 is 17.6 Å². The minimum atomic E-state index is -4.53. The third kappa shape index (κ3) is 6.94. The Kier molecular flexibility index (Phi) is 8.21. The SMILES string of the molecule is CCN1CCN(Cc2ccc(NC(=O)c3ccc(C)c(C#Cc4cncnc4)c3)cc2C(F)(F)F)CC1. The maximum atomic E-state index is 13.9. The van der Waals surface area contributed by atoms with E-state index in [1.54, 1.807) is 30.6 Å². The quantitative estimate of drug-likeness (QED) is 0.512. The van der Waals surface area contributed by atoms with Crippen molar-refractivity contribution >= 4 is 11.6 Å². The molecule has 1 amide bonds. The van der Waals surface area contributed by atoms with Gasteiger partial charge in [-0.25, -0.2) is 9.97 Å². The summed E-state index contributed by atoms with van der Waals surface area (Å²) in [4.78, 5) is 25.0. The average molecular weight is 508 g/mol. The van der Waals surface area contributed by atoms with Crippen LogP contribution in [0.4, 0.5) is 18.9 Å². The lowest BCUT2D eigenvalue weighted by molar-refractivity contribution is -0.138. The Morgan fingerprint density at radius 3 is 2.38 bits per heavy atom. The van der Waals surface area contributed by atoms with Crippen LogP contribution in [-0.2, 0) is 12.7 Å². The molecule has 0 saturated carbocycles. The van der Waals surface area contributed by atoms with Crippen molar-refractivity contribution in [2.24, 2.45) is 0 Å². The van der Waals surface area contributed by atoms with Crippen molar-refractivity contribution in [2.45, 2.75) is 26.6 Å². The molecule has 192 valence electrons. The highest BCUT2D eigenvalue weighted by atomic mass is 19.4. The molecule has 1 aromatic heterocycles. The van der Waals surface area contributed by atoms with Gasteiger partial charge in [0.1, 0.15) is 6.33 Å². The van der Waals surface area contributed by atoms with E-state index >= 15 is 0 Å². The first-order chi connectivity index (χ1) is 17.7. The third-order valence-electron chi connectivity index (χ3n) is 6.38. The maximum absolute atomic E-state index is 13.9. The topological polar surface area (TPSA) is 61.4 Å². The van der Waals surface area contributed by atoms with Crippen LogP contribution in [0.1, 0.15) is 45.1 Å². The number of carbonyl (C=O) groups excluding carboxylic acids is 1. The number of benzene rings is 2. The van der Waals surface area contributed by atoms with E-state index in [1.807, 2.05) is 11.8 Å². The van der Waals surface area contributed by atoms with Gasteiger partial charge in [-0.15, -0.1) is 0 Å². The molecule has 2 aromatic carbocycles. The van der Waals surface area contributed by atoms with Gasteiger partial charge in [-0.2, -0.15) is 13.2 Å². The molecule has 0 aliphatic carbocycles. The zero-order valence-electron chi connectivity index (χ0n) is 20.8. The molecule has 1 saturated heterocycles. The van der Waals surface area contributed by atoms with Crippen LogP contribution in [0.25, 0.3) is 0 Å². The zero-order chi connectivity index (χ0) is 26.4. The van der Waals surface area contributed by atoms with Crippen molar-refractivity contribution in [3.05, 3.63) is 88.5 Å². The number of nitrogens with zero attached hydrogens (tertiary/aromatic N) is 4. The maximum Gasteiger partial charge on any atom is 0.416 e. The molecule has 1 N–H and O–H groups in total. The summed E-state index contributed by atoms with van der Waals surface area (Å²) in [5.74, 6) is 5.44. The first-order valence-corrected chi connectivity index (χ1v) is 12.1. The van der Waals surface area contributed by atoms with E-state index in [2.05, 4.69) is 38.9 Å². The predicted molar refractivity (Wildman–Crippen MR) is 136 cm³/mol. The zero-order valence-corrected chi connectivity index (χ0v) is 20.8. The lowest BCUT2D eigenvalue weighted by atomic mass is 10.0. The first-order valence-electron chi connectivity index (χ1n) is 12.1. The van der Waals surface area contributed by atoms with Gasteiger partial charge >= 0.3 is 6.18 Å². The molecule has 2 heterocycles. The second-order valence-electron chi connectivity index (χ2n) is 8.94. The van der Waals surface area contributed by atoms with Gasteiger partial charge in [-0.3, -0.25) is 9.69 Å². The van der Waals surface area contributed by atoms with Gasteiger partial charge in [-0.05, 0) is 48.9 Å². The van der Waals surface area contributed by atoms with Crippen molar-refractivity contribution in [3.63, 3.8) is 0 Å². The fourth-order valence-corrected chi connectivity index (χ4v) is 4.16. The van der Waals surface area contributed by atoms with Crippen molar-refractivity contribution in [3.8, 4) is 11.8 Å². The summed E-state index contributed by atoms with van der Waals surface area (Å²) in [5, 5.41) is 2.61. The number of piperazine rings is 1. The van der Waals surface area contributed by atoms with Crippen molar-refractivity contribution in [2.75, 3.05) is 38.0 Å². The number of alkyl halides is 3. The monoisotopic (exact) mass is 507 g/mol. The number of aryl methyl sites for hydroxylation is 1. The van der Waals surface area contributed by atoms with Gasteiger partial charge in [0.2, 0.25) is 0 Å². The molecule has 0 spiro atoms. The number of carbonyl (C=O) groups is 1. The van der Waals surface area contributed by atoms with E-state index in [4.69, 9.17) is 0 Å².